The van der Waals surface area contributed by atoms with Gasteiger partial charge in [0.15, 0.2) is 11.5 Å². The Bertz CT molecular complexity index is 620. The number of methoxy groups -OCH3 is 2. The molecule has 0 amide bonds. The number of Topliss-reactive ketones (excluding diaryl/α,β-unsaturated/α-hetero) is 2. The van der Waals surface area contributed by atoms with Gasteiger partial charge in [0.1, 0.15) is 11.6 Å². The molecular weight excluding hydrogens is 296 g/mol. The minimum atomic E-state index is -0.924. The number of ketones is 2. The van der Waals surface area contributed by atoms with E-state index in [0.717, 1.165) is 5.56 Å². The Labute approximate surface area is 135 Å². The maximum Gasteiger partial charge on any atom is 0.160 e. The highest BCUT2D eigenvalue weighted by Crippen LogP contribution is 2.49. The van der Waals surface area contributed by atoms with Gasteiger partial charge in [-0.25, -0.2) is 0 Å². The molecule has 1 spiro atoms. The predicted octanol–water partition coefficient (Wildman–Crippen LogP) is 2.25. The first kappa shape index (κ1) is 16.0. The van der Waals surface area contributed by atoms with Crippen LogP contribution in [-0.4, -0.2) is 37.0 Å². The van der Waals surface area contributed by atoms with E-state index in [1.807, 2.05) is 18.2 Å². The standard InChI is InChI=1S/C18H22O5/c1-22-14-4-3-11(9-15(14)23-2)12-7-8-18(10-13(12)19)16(20)5-6-17(18)21/h3-4,9,12-13,19H,5-8,10H2,1-2H3. The van der Waals surface area contributed by atoms with Crippen molar-refractivity contribution in [2.45, 2.75) is 44.1 Å². The summed E-state index contributed by atoms with van der Waals surface area (Å²) in [5, 5.41) is 10.6. The van der Waals surface area contributed by atoms with Gasteiger partial charge in [-0.15, -0.1) is 0 Å². The van der Waals surface area contributed by atoms with Gasteiger partial charge in [0.05, 0.1) is 25.7 Å². The molecule has 2 saturated carbocycles. The maximum atomic E-state index is 12.2. The van der Waals surface area contributed by atoms with Crippen molar-refractivity contribution in [1.29, 1.82) is 0 Å². The lowest BCUT2D eigenvalue weighted by Gasteiger charge is -2.38. The summed E-state index contributed by atoms with van der Waals surface area (Å²) in [5.41, 5.74) is 0.0230. The second-order valence-corrected chi connectivity index (χ2v) is 6.46. The van der Waals surface area contributed by atoms with Crippen LogP contribution < -0.4 is 9.47 Å². The third-order valence-electron chi connectivity index (χ3n) is 5.39. The van der Waals surface area contributed by atoms with Crippen LogP contribution >= 0.6 is 0 Å². The van der Waals surface area contributed by atoms with Crippen molar-refractivity contribution >= 4 is 11.6 Å². The van der Waals surface area contributed by atoms with Crippen LogP contribution in [0, 0.1) is 5.41 Å². The second-order valence-electron chi connectivity index (χ2n) is 6.46. The summed E-state index contributed by atoms with van der Waals surface area (Å²) in [6.07, 6.45) is 1.34. The van der Waals surface area contributed by atoms with Gasteiger partial charge in [0.25, 0.3) is 0 Å². The number of rotatable bonds is 3. The van der Waals surface area contributed by atoms with Gasteiger partial charge >= 0.3 is 0 Å². The lowest BCUT2D eigenvalue weighted by atomic mass is 9.65. The molecular formula is C18H22O5. The normalized spacial score (nSPS) is 26.6. The number of aliphatic hydroxyl groups is 1. The van der Waals surface area contributed by atoms with E-state index in [0.29, 0.717) is 37.2 Å². The van der Waals surface area contributed by atoms with Crippen molar-refractivity contribution in [3.63, 3.8) is 0 Å². The molecule has 2 unspecified atom stereocenters. The quantitative estimate of drug-likeness (QED) is 0.865. The molecule has 1 aromatic rings. The van der Waals surface area contributed by atoms with E-state index in [9.17, 15) is 14.7 Å². The topological polar surface area (TPSA) is 72.8 Å². The van der Waals surface area contributed by atoms with Crippen LogP contribution in [0.3, 0.4) is 0 Å². The van der Waals surface area contributed by atoms with Crippen LogP contribution in [0.4, 0.5) is 0 Å². The first-order valence-corrected chi connectivity index (χ1v) is 7.98. The van der Waals surface area contributed by atoms with Crippen LogP contribution in [0.1, 0.15) is 43.6 Å². The van der Waals surface area contributed by atoms with Crippen LogP contribution in [0.15, 0.2) is 18.2 Å². The van der Waals surface area contributed by atoms with Crippen molar-refractivity contribution in [3.05, 3.63) is 23.8 Å². The van der Waals surface area contributed by atoms with Crippen molar-refractivity contribution in [2.75, 3.05) is 14.2 Å². The van der Waals surface area contributed by atoms with Crippen molar-refractivity contribution in [3.8, 4) is 11.5 Å². The van der Waals surface area contributed by atoms with E-state index in [1.54, 1.807) is 14.2 Å². The molecule has 0 bridgehead atoms. The van der Waals surface area contributed by atoms with E-state index in [4.69, 9.17) is 9.47 Å². The Kier molecular flexibility index (Phi) is 4.15. The number of benzene rings is 1. The van der Waals surface area contributed by atoms with Crippen molar-refractivity contribution < 1.29 is 24.2 Å². The molecule has 23 heavy (non-hydrogen) atoms. The highest BCUT2D eigenvalue weighted by molar-refractivity contribution is 6.13. The zero-order valence-electron chi connectivity index (χ0n) is 13.5. The Morgan fingerprint density at radius 1 is 1.09 bits per heavy atom. The molecule has 2 aliphatic carbocycles. The summed E-state index contributed by atoms with van der Waals surface area (Å²) in [7, 11) is 3.15. The van der Waals surface area contributed by atoms with Gasteiger partial charge in [0, 0.05) is 18.8 Å². The molecule has 0 radical (unpaired) electrons. The van der Waals surface area contributed by atoms with E-state index in [-0.39, 0.29) is 23.9 Å². The van der Waals surface area contributed by atoms with E-state index in [1.165, 1.54) is 0 Å². The predicted molar refractivity (Wildman–Crippen MR) is 83.8 cm³/mol. The summed E-state index contributed by atoms with van der Waals surface area (Å²) in [6.45, 7) is 0. The number of carbonyl (C=O) groups is 2. The van der Waals surface area contributed by atoms with E-state index in [2.05, 4.69) is 0 Å². The molecule has 0 aromatic heterocycles. The maximum absolute atomic E-state index is 12.2. The van der Waals surface area contributed by atoms with E-state index >= 15 is 0 Å². The van der Waals surface area contributed by atoms with Gasteiger partial charge in [-0.2, -0.15) is 0 Å². The van der Waals surface area contributed by atoms with Crippen molar-refractivity contribution in [2.24, 2.45) is 5.41 Å². The molecule has 2 fully saturated rings. The number of hydrogen-bond donors (Lipinski definition) is 1. The molecule has 0 heterocycles. The molecule has 2 aliphatic rings. The van der Waals surface area contributed by atoms with Gasteiger partial charge in [-0.3, -0.25) is 9.59 Å². The number of aliphatic hydroxyl groups excluding tert-OH is 1. The molecule has 124 valence electrons. The molecule has 2 atom stereocenters. The van der Waals surface area contributed by atoms with Crippen molar-refractivity contribution in [1.82, 2.24) is 0 Å². The van der Waals surface area contributed by atoms with Crippen LogP contribution in [-0.2, 0) is 9.59 Å². The third kappa shape index (κ3) is 2.53. The lowest BCUT2D eigenvalue weighted by Crippen LogP contribution is -2.42. The Balaban J connectivity index is 1.84. The average molecular weight is 318 g/mol. The zero-order valence-corrected chi connectivity index (χ0v) is 13.5. The Hall–Kier alpha value is -1.88. The summed E-state index contributed by atoms with van der Waals surface area (Å²) in [4.78, 5) is 24.3. The number of hydrogen-bond acceptors (Lipinski definition) is 5. The minimum absolute atomic E-state index is 0.00677. The largest absolute Gasteiger partial charge is 0.493 e. The second kappa shape index (κ2) is 5.96. The Morgan fingerprint density at radius 3 is 2.30 bits per heavy atom. The minimum Gasteiger partial charge on any atom is -0.493 e. The van der Waals surface area contributed by atoms with Crippen LogP contribution in [0.5, 0.6) is 11.5 Å². The summed E-state index contributed by atoms with van der Waals surface area (Å²) in [6, 6.07) is 5.59. The highest BCUT2D eigenvalue weighted by Gasteiger charge is 2.53. The highest BCUT2D eigenvalue weighted by atomic mass is 16.5. The van der Waals surface area contributed by atoms with Gasteiger partial charge in [-0.1, -0.05) is 6.07 Å². The lowest BCUT2D eigenvalue weighted by molar-refractivity contribution is -0.140. The Morgan fingerprint density at radius 2 is 1.74 bits per heavy atom. The molecule has 1 aromatic carbocycles. The fourth-order valence-electron chi connectivity index (χ4n) is 4.04. The molecule has 5 heteroatoms. The molecule has 3 rings (SSSR count). The number of carbonyl (C=O) groups excluding carboxylic acids is 2. The molecule has 0 saturated heterocycles. The first-order chi connectivity index (χ1) is 11.0. The summed E-state index contributed by atoms with van der Waals surface area (Å²) < 4.78 is 10.5. The van der Waals surface area contributed by atoms with Gasteiger partial charge in [-0.05, 0) is 37.0 Å². The zero-order chi connectivity index (χ0) is 16.6. The summed E-state index contributed by atoms with van der Waals surface area (Å²) >= 11 is 0. The fourth-order valence-corrected chi connectivity index (χ4v) is 4.04. The molecule has 5 nitrogen and oxygen atoms in total. The van der Waals surface area contributed by atoms with Crippen LogP contribution in [0.25, 0.3) is 0 Å². The molecule has 1 N–H and O–H groups in total. The summed E-state index contributed by atoms with van der Waals surface area (Å²) in [5.74, 6) is 1.17. The fraction of sp³-hybridized carbons (Fsp3) is 0.556. The van der Waals surface area contributed by atoms with Gasteiger partial charge < -0.3 is 14.6 Å². The third-order valence-corrected chi connectivity index (χ3v) is 5.39. The monoisotopic (exact) mass is 318 g/mol. The average Bonchev–Trinajstić information content (AvgIpc) is 2.82. The van der Waals surface area contributed by atoms with Gasteiger partial charge in [0.2, 0.25) is 0 Å². The van der Waals surface area contributed by atoms with E-state index < -0.39 is 11.5 Å². The molecule has 0 aliphatic heterocycles. The SMILES string of the molecule is COc1ccc(C2CCC3(CC2O)C(=O)CCC3=O)cc1OC. The first-order valence-electron chi connectivity index (χ1n) is 7.98. The smallest absolute Gasteiger partial charge is 0.160 e. The number of ether oxygens (including phenoxy) is 2. The van der Waals surface area contributed by atoms with Crippen LogP contribution in [0.2, 0.25) is 0 Å².